The summed E-state index contributed by atoms with van der Waals surface area (Å²) in [5, 5.41) is 21.5. The summed E-state index contributed by atoms with van der Waals surface area (Å²) in [7, 11) is 0. The first kappa shape index (κ1) is 26.4. The number of rotatable bonds is 18. The van der Waals surface area contributed by atoms with Crippen LogP contribution < -0.4 is 5.11 Å². The molecule has 0 radical (unpaired) electrons. The maximum atomic E-state index is 11.7. The number of nitrogens with zero attached hydrogens (tertiary/aromatic N) is 1. The fourth-order valence-electron chi connectivity index (χ4n) is 4.69. The van der Waals surface area contributed by atoms with Gasteiger partial charge in [0, 0.05) is 5.56 Å². The molecule has 0 heterocycles. The number of aliphatic hydroxyl groups is 1. The van der Waals surface area contributed by atoms with Gasteiger partial charge in [-0.3, -0.25) is 0 Å². The van der Waals surface area contributed by atoms with Crippen LogP contribution in [0.3, 0.4) is 0 Å². The largest absolute Gasteiger partial charge is 0.544 e. The summed E-state index contributed by atoms with van der Waals surface area (Å²) in [6.45, 7) is 9.30. The lowest BCUT2D eigenvalue weighted by Gasteiger charge is -2.45. The molecule has 1 N–H and O–H groups in total. The van der Waals surface area contributed by atoms with Crippen LogP contribution in [0.1, 0.15) is 89.7 Å². The number of carboxylic acids is 1. The van der Waals surface area contributed by atoms with Crippen LogP contribution in [0.15, 0.2) is 42.5 Å². The summed E-state index contributed by atoms with van der Waals surface area (Å²) in [5.41, 5.74) is 1.97. The molecular weight excluding hydrogens is 374 g/mol. The minimum atomic E-state index is -1.07. The van der Waals surface area contributed by atoms with Crippen molar-refractivity contribution in [1.82, 2.24) is 0 Å². The van der Waals surface area contributed by atoms with Crippen LogP contribution >= 0.6 is 0 Å². The fraction of sp³-hybridized carbons (Fsp3) is 0.654. The van der Waals surface area contributed by atoms with Crippen LogP contribution in [-0.2, 0) is 4.79 Å². The second-order valence-electron chi connectivity index (χ2n) is 8.76. The minimum Gasteiger partial charge on any atom is -0.544 e. The Morgan fingerprint density at radius 3 is 1.97 bits per heavy atom. The summed E-state index contributed by atoms with van der Waals surface area (Å²) in [5.74, 6) is -1.07. The molecule has 4 heteroatoms. The lowest BCUT2D eigenvalue weighted by molar-refractivity contribution is -0.947. The summed E-state index contributed by atoms with van der Waals surface area (Å²) >= 11 is 0. The number of hydrogen-bond donors (Lipinski definition) is 1. The quantitative estimate of drug-likeness (QED) is 0.212. The summed E-state index contributed by atoms with van der Waals surface area (Å²) < 4.78 is 0.273. The number of carboxylic acid groups (broad SMARTS) is 1. The number of quaternary nitrogens is 1. The average molecular weight is 418 g/mol. The summed E-state index contributed by atoms with van der Waals surface area (Å²) in [6.07, 6.45) is 12.4. The Morgan fingerprint density at radius 1 is 0.967 bits per heavy atom. The molecule has 0 fully saturated rings. The molecule has 1 aromatic carbocycles. The number of carbonyl (C=O) groups is 1. The molecule has 0 amide bonds. The molecule has 2 atom stereocenters. The third-order valence-corrected chi connectivity index (χ3v) is 6.08. The first-order chi connectivity index (χ1) is 14.5. The van der Waals surface area contributed by atoms with Crippen LogP contribution in [-0.4, -0.2) is 41.8 Å². The van der Waals surface area contributed by atoms with Crippen molar-refractivity contribution in [3.8, 4) is 0 Å². The SMILES string of the molecule is C=C(C)C(c1ccccc1)[N+](CCO)(CCCCCCCCCCCC)CC(=O)[O-]. The van der Waals surface area contributed by atoms with Gasteiger partial charge in [0.05, 0.1) is 19.1 Å². The number of aliphatic hydroxyl groups excluding tert-OH is 1. The second kappa shape index (κ2) is 15.2. The molecule has 0 saturated heterocycles. The number of hydrogen-bond acceptors (Lipinski definition) is 3. The maximum absolute atomic E-state index is 11.7. The van der Waals surface area contributed by atoms with Crippen molar-refractivity contribution in [3.63, 3.8) is 0 Å². The number of carbonyl (C=O) groups excluding carboxylic acids is 1. The predicted molar refractivity (Wildman–Crippen MR) is 123 cm³/mol. The van der Waals surface area contributed by atoms with E-state index in [4.69, 9.17) is 0 Å². The van der Waals surface area contributed by atoms with Crippen LogP contribution in [0.2, 0.25) is 0 Å². The van der Waals surface area contributed by atoms with E-state index in [0.29, 0.717) is 13.1 Å². The van der Waals surface area contributed by atoms with Crippen molar-refractivity contribution < 1.29 is 19.5 Å². The van der Waals surface area contributed by atoms with Crippen molar-refractivity contribution in [3.05, 3.63) is 48.0 Å². The van der Waals surface area contributed by atoms with E-state index in [0.717, 1.165) is 24.0 Å². The van der Waals surface area contributed by atoms with E-state index in [2.05, 4.69) is 13.5 Å². The molecule has 0 aliphatic rings. The van der Waals surface area contributed by atoms with Gasteiger partial charge in [0.1, 0.15) is 19.1 Å². The third-order valence-electron chi connectivity index (χ3n) is 6.08. The molecule has 30 heavy (non-hydrogen) atoms. The van der Waals surface area contributed by atoms with Gasteiger partial charge < -0.3 is 19.5 Å². The van der Waals surface area contributed by atoms with E-state index < -0.39 is 5.97 Å². The highest BCUT2D eigenvalue weighted by atomic mass is 16.4. The highest BCUT2D eigenvalue weighted by molar-refractivity contribution is 5.65. The van der Waals surface area contributed by atoms with Gasteiger partial charge in [-0.2, -0.15) is 0 Å². The summed E-state index contributed by atoms with van der Waals surface area (Å²) in [4.78, 5) is 11.7. The van der Waals surface area contributed by atoms with E-state index in [1.165, 1.54) is 51.4 Å². The Bertz CT molecular complexity index is 602. The normalized spacial score (nSPS) is 14.2. The molecule has 2 unspecified atom stereocenters. The first-order valence-corrected chi connectivity index (χ1v) is 11.8. The fourth-order valence-corrected chi connectivity index (χ4v) is 4.69. The zero-order valence-corrected chi connectivity index (χ0v) is 19.3. The van der Waals surface area contributed by atoms with Crippen molar-refractivity contribution in [2.75, 3.05) is 26.2 Å². The van der Waals surface area contributed by atoms with Crippen LogP contribution in [0, 0.1) is 0 Å². The molecule has 0 aliphatic carbocycles. The minimum absolute atomic E-state index is 0.0539. The molecule has 170 valence electrons. The molecular formula is C26H43NO3. The Balaban J connectivity index is 2.73. The van der Waals surface area contributed by atoms with Gasteiger partial charge in [0.25, 0.3) is 0 Å². The number of unbranched alkanes of at least 4 members (excludes halogenated alkanes) is 9. The third kappa shape index (κ3) is 9.44. The molecule has 0 aromatic heterocycles. The number of benzene rings is 1. The van der Waals surface area contributed by atoms with Gasteiger partial charge in [0.2, 0.25) is 0 Å². The topological polar surface area (TPSA) is 60.4 Å². The van der Waals surface area contributed by atoms with Crippen molar-refractivity contribution >= 4 is 5.97 Å². The van der Waals surface area contributed by atoms with E-state index in [1.54, 1.807) is 0 Å². The lowest BCUT2D eigenvalue weighted by Crippen LogP contribution is -2.58. The van der Waals surface area contributed by atoms with Crippen molar-refractivity contribution in [1.29, 1.82) is 0 Å². The standard InChI is InChI=1S/C26H43NO3/c1-4-5-6-7-8-9-10-11-12-16-19-27(20-21-28,22-25(29)30)26(23(2)3)24-17-14-13-15-18-24/h13-15,17-18,26,28H,2,4-12,16,19-22H2,1,3H3. The van der Waals surface area contributed by atoms with E-state index in [1.807, 2.05) is 37.3 Å². The molecule has 4 nitrogen and oxygen atoms in total. The average Bonchev–Trinajstić information content (AvgIpc) is 2.70. The molecule has 0 aliphatic heterocycles. The Kier molecular flexibility index (Phi) is 13.4. The Labute approximate surface area is 184 Å². The maximum Gasteiger partial charge on any atom is 0.136 e. The van der Waals surface area contributed by atoms with E-state index >= 15 is 0 Å². The van der Waals surface area contributed by atoms with Crippen molar-refractivity contribution in [2.45, 2.75) is 84.1 Å². The zero-order chi connectivity index (χ0) is 22.2. The van der Waals surface area contributed by atoms with Gasteiger partial charge in [0.15, 0.2) is 0 Å². The van der Waals surface area contributed by atoms with E-state index in [9.17, 15) is 15.0 Å². The zero-order valence-electron chi connectivity index (χ0n) is 19.3. The van der Waals surface area contributed by atoms with Gasteiger partial charge >= 0.3 is 0 Å². The van der Waals surface area contributed by atoms with Crippen LogP contribution in [0.5, 0.6) is 0 Å². The Hall–Kier alpha value is -1.65. The lowest BCUT2D eigenvalue weighted by atomic mass is 9.95. The van der Waals surface area contributed by atoms with Crippen molar-refractivity contribution in [2.24, 2.45) is 0 Å². The van der Waals surface area contributed by atoms with E-state index in [-0.39, 0.29) is 23.7 Å². The molecule has 0 bridgehead atoms. The number of aliphatic carboxylic acids is 1. The van der Waals surface area contributed by atoms with Crippen LogP contribution in [0.4, 0.5) is 0 Å². The predicted octanol–water partition coefficient (Wildman–Crippen LogP) is 4.78. The van der Waals surface area contributed by atoms with Gasteiger partial charge in [-0.25, -0.2) is 0 Å². The van der Waals surface area contributed by atoms with Crippen LogP contribution in [0.25, 0.3) is 0 Å². The molecule has 0 spiro atoms. The Morgan fingerprint density at radius 2 is 1.50 bits per heavy atom. The molecule has 0 saturated carbocycles. The summed E-state index contributed by atoms with van der Waals surface area (Å²) in [6, 6.07) is 9.79. The van der Waals surface area contributed by atoms with Gasteiger partial charge in [-0.15, -0.1) is 0 Å². The van der Waals surface area contributed by atoms with Gasteiger partial charge in [-0.05, 0) is 25.3 Å². The second-order valence-corrected chi connectivity index (χ2v) is 8.76. The van der Waals surface area contributed by atoms with Gasteiger partial charge in [-0.1, -0.05) is 95.2 Å². The smallest absolute Gasteiger partial charge is 0.136 e. The molecule has 1 aromatic rings. The monoisotopic (exact) mass is 417 g/mol. The first-order valence-electron chi connectivity index (χ1n) is 11.8. The highest BCUT2D eigenvalue weighted by Gasteiger charge is 2.38. The highest BCUT2D eigenvalue weighted by Crippen LogP contribution is 2.35. The molecule has 1 rings (SSSR count).